The molecule has 3 aromatic rings. The number of rotatable bonds is 8. The van der Waals surface area contributed by atoms with Crippen LogP contribution in [0.2, 0.25) is 0 Å². The van der Waals surface area contributed by atoms with Gasteiger partial charge in [-0.2, -0.15) is 10.1 Å². The fourth-order valence-corrected chi connectivity index (χ4v) is 2.72. The second-order valence-electron chi connectivity index (χ2n) is 5.73. The van der Waals surface area contributed by atoms with E-state index in [1.54, 1.807) is 6.20 Å². The standard InChI is InChI=1S/C20H23N5/c1-2-25(18-13-7-4-8-14-18)19-16-22-24-20(23-19)21-15-9-12-17-10-5-3-6-11-17/h3-8,10-11,13-14,16H,2,9,12,15H2,1H3,(H,21,23,24). The Hall–Kier alpha value is -2.95. The van der Waals surface area contributed by atoms with Gasteiger partial charge in [0.05, 0.1) is 6.20 Å². The molecule has 2 aromatic carbocycles. The largest absolute Gasteiger partial charge is 0.353 e. The van der Waals surface area contributed by atoms with Gasteiger partial charge in [-0.1, -0.05) is 48.5 Å². The molecule has 5 heteroatoms. The van der Waals surface area contributed by atoms with Gasteiger partial charge in [-0.25, -0.2) is 0 Å². The second kappa shape index (κ2) is 8.78. The number of nitrogens with one attached hydrogen (secondary N) is 1. The van der Waals surface area contributed by atoms with Gasteiger partial charge < -0.3 is 10.2 Å². The van der Waals surface area contributed by atoms with Crippen LogP contribution in [-0.4, -0.2) is 28.3 Å². The number of aryl methyl sites for hydroxylation is 1. The first kappa shape index (κ1) is 16.9. The third kappa shape index (κ3) is 4.76. The quantitative estimate of drug-likeness (QED) is 0.630. The maximum Gasteiger partial charge on any atom is 0.244 e. The fourth-order valence-electron chi connectivity index (χ4n) is 2.72. The van der Waals surface area contributed by atoms with Crippen LogP contribution in [0.25, 0.3) is 0 Å². The van der Waals surface area contributed by atoms with Crippen LogP contribution in [0.3, 0.4) is 0 Å². The molecule has 0 saturated carbocycles. The maximum absolute atomic E-state index is 4.61. The van der Waals surface area contributed by atoms with E-state index in [1.165, 1.54) is 5.56 Å². The van der Waals surface area contributed by atoms with Crippen LogP contribution in [0.1, 0.15) is 18.9 Å². The van der Waals surface area contributed by atoms with Crippen LogP contribution in [0.15, 0.2) is 66.9 Å². The van der Waals surface area contributed by atoms with E-state index in [2.05, 4.69) is 68.7 Å². The second-order valence-corrected chi connectivity index (χ2v) is 5.73. The molecule has 0 aliphatic rings. The van der Waals surface area contributed by atoms with Crippen molar-refractivity contribution < 1.29 is 0 Å². The van der Waals surface area contributed by atoms with Gasteiger partial charge in [0, 0.05) is 18.8 Å². The van der Waals surface area contributed by atoms with Gasteiger partial charge in [0.2, 0.25) is 5.95 Å². The average Bonchev–Trinajstić information content (AvgIpc) is 2.68. The van der Waals surface area contributed by atoms with Crippen molar-refractivity contribution in [1.29, 1.82) is 0 Å². The lowest BCUT2D eigenvalue weighted by atomic mass is 10.1. The molecule has 3 rings (SSSR count). The molecule has 0 saturated heterocycles. The molecule has 25 heavy (non-hydrogen) atoms. The Morgan fingerprint density at radius 2 is 1.68 bits per heavy atom. The van der Waals surface area contributed by atoms with E-state index in [1.807, 2.05) is 24.3 Å². The number of hydrogen-bond donors (Lipinski definition) is 1. The van der Waals surface area contributed by atoms with Gasteiger partial charge in [0.1, 0.15) is 0 Å². The summed E-state index contributed by atoms with van der Waals surface area (Å²) in [4.78, 5) is 6.72. The van der Waals surface area contributed by atoms with Crippen LogP contribution in [-0.2, 0) is 6.42 Å². The highest BCUT2D eigenvalue weighted by Gasteiger charge is 2.10. The van der Waals surface area contributed by atoms with Gasteiger partial charge in [-0.05, 0) is 37.5 Å². The highest BCUT2D eigenvalue weighted by atomic mass is 15.3. The molecular formula is C20H23N5. The van der Waals surface area contributed by atoms with Gasteiger partial charge in [0.25, 0.3) is 0 Å². The van der Waals surface area contributed by atoms with Crippen molar-refractivity contribution in [2.45, 2.75) is 19.8 Å². The Morgan fingerprint density at radius 3 is 2.40 bits per heavy atom. The van der Waals surface area contributed by atoms with E-state index in [4.69, 9.17) is 0 Å². The molecule has 1 aromatic heterocycles. The topological polar surface area (TPSA) is 53.9 Å². The predicted molar refractivity (Wildman–Crippen MR) is 102 cm³/mol. The zero-order chi connectivity index (χ0) is 17.3. The summed E-state index contributed by atoms with van der Waals surface area (Å²) < 4.78 is 0. The molecule has 1 N–H and O–H groups in total. The van der Waals surface area contributed by atoms with Crippen molar-refractivity contribution >= 4 is 17.5 Å². The number of anilines is 3. The summed E-state index contributed by atoms with van der Waals surface area (Å²) in [7, 11) is 0. The van der Waals surface area contributed by atoms with Gasteiger partial charge >= 0.3 is 0 Å². The predicted octanol–water partition coefficient (Wildman–Crippen LogP) is 4.07. The summed E-state index contributed by atoms with van der Waals surface area (Å²) in [6.07, 6.45) is 3.76. The van der Waals surface area contributed by atoms with Crippen LogP contribution >= 0.6 is 0 Å². The number of aromatic nitrogens is 3. The molecule has 0 atom stereocenters. The minimum absolute atomic E-state index is 0.569. The first-order valence-electron chi connectivity index (χ1n) is 8.67. The van der Waals surface area contributed by atoms with Crippen LogP contribution < -0.4 is 10.2 Å². The zero-order valence-electron chi connectivity index (χ0n) is 14.5. The normalized spacial score (nSPS) is 10.4. The van der Waals surface area contributed by atoms with Crippen molar-refractivity contribution in [3.63, 3.8) is 0 Å². The number of hydrogen-bond acceptors (Lipinski definition) is 5. The molecule has 128 valence electrons. The summed E-state index contributed by atoms with van der Waals surface area (Å²) in [6.45, 7) is 3.73. The first-order valence-corrected chi connectivity index (χ1v) is 8.67. The van der Waals surface area contributed by atoms with E-state index < -0.39 is 0 Å². The van der Waals surface area contributed by atoms with E-state index in [0.717, 1.165) is 37.4 Å². The summed E-state index contributed by atoms with van der Waals surface area (Å²) in [5.41, 5.74) is 2.44. The summed E-state index contributed by atoms with van der Waals surface area (Å²) in [5, 5.41) is 11.5. The van der Waals surface area contributed by atoms with Crippen molar-refractivity contribution in [3.05, 3.63) is 72.4 Å². The third-order valence-corrected chi connectivity index (χ3v) is 3.97. The average molecular weight is 333 g/mol. The molecule has 0 radical (unpaired) electrons. The van der Waals surface area contributed by atoms with Gasteiger partial charge in [-0.3, -0.25) is 0 Å². The van der Waals surface area contributed by atoms with E-state index in [-0.39, 0.29) is 0 Å². The molecule has 0 amide bonds. The lowest BCUT2D eigenvalue weighted by Gasteiger charge is -2.21. The first-order chi connectivity index (χ1) is 12.4. The number of nitrogens with zero attached hydrogens (tertiary/aromatic N) is 4. The Bertz CT molecular complexity index is 761. The van der Waals surface area contributed by atoms with Crippen LogP contribution in [0.4, 0.5) is 17.5 Å². The van der Waals surface area contributed by atoms with E-state index in [9.17, 15) is 0 Å². The molecule has 0 unspecified atom stereocenters. The Morgan fingerprint density at radius 1 is 0.960 bits per heavy atom. The molecule has 0 aliphatic heterocycles. The molecule has 1 heterocycles. The zero-order valence-corrected chi connectivity index (χ0v) is 14.5. The summed E-state index contributed by atoms with van der Waals surface area (Å²) in [6, 6.07) is 20.7. The van der Waals surface area contributed by atoms with E-state index in [0.29, 0.717) is 5.95 Å². The summed E-state index contributed by atoms with van der Waals surface area (Å²) >= 11 is 0. The van der Waals surface area contributed by atoms with Crippen LogP contribution in [0.5, 0.6) is 0 Å². The Balaban J connectivity index is 1.59. The highest BCUT2D eigenvalue weighted by Crippen LogP contribution is 2.22. The third-order valence-electron chi connectivity index (χ3n) is 3.97. The number of benzene rings is 2. The monoisotopic (exact) mass is 333 g/mol. The SMILES string of the molecule is CCN(c1ccccc1)c1cnnc(NCCCc2ccccc2)n1. The van der Waals surface area contributed by atoms with Crippen molar-refractivity contribution in [2.24, 2.45) is 0 Å². The van der Waals surface area contributed by atoms with Crippen LogP contribution in [0, 0.1) is 0 Å². The van der Waals surface area contributed by atoms with Crippen molar-refractivity contribution in [1.82, 2.24) is 15.2 Å². The lowest BCUT2D eigenvalue weighted by molar-refractivity contribution is 0.838. The maximum atomic E-state index is 4.61. The Labute approximate surface area is 148 Å². The molecular weight excluding hydrogens is 310 g/mol. The lowest BCUT2D eigenvalue weighted by Crippen LogP contribution is -2.19. The van der Waals surface area contributed by atoms with Crippen molar-refractivity contribution in [2.75, 3.05) is 23.3 Å². The molecule has 5 nitrogen and oxygen atoms in total. The Kier molecular flexibility index (Phi) is 5.93. The van der Waals surface area contributed by atoms with Crippen molar-refractivity contribution in [3.8, 4) is 0 Å². The molecule has 0 spiro atoms. The number of para-hydroxylation sites is 1. The minimum Gasteiger partial charge on any atom is -0.353 e. The summed E-state index contributed by atoms with van der Waals surface area (Å²) in [5.74, 6) is 1.37. The molecule has 0 fully saturated rings. The van der Waals surface area contributed by atoms with Gasteiger partial charge in [0.15, 0.2) is 5.82 Å². The van der Waals surface area contributed by atoms with E-state index >= 15 is 0 Å². The highest BCUT2D eigenvalue weighted by molar-refractivity contribution is 5.59. The minimum atomic E-state index is 0.569. The molecule has 0 aliphatic carbocycles. The van der Waals surface area contributed by atoms with Gasteiger partial charge in [-0.15, -0.1) is 5.10 Å². The smallest absolute Gasteiger partial charge is 0.244 e. The molecule has 0 bridgehead atoms. The fraction of sp³-hybridized carbons (Fsp3) is 0.250.